The van der Waals surface area contributed by atoms with Gasteiger partial charge in [0.1, 0.15) is 5.78 Å². The molecule has 4 atom stereocenters. The molecule has 3 saturated carbocycles. The largest absolute Gasteiger partial charge is 0.481 e. The minimum atomic E-state index is -0.763. The summed E-state index contributed by atoms with van der Waals surface area (Å²) in [6, 6.07) is 0. The van der Waals surface area contributed by atoms with Crippen molar-refractivity contribution in [3.63, 3.8) is 0 Å². The molecule has 70 valence electrons. The van der Waals surface area contributed by atoms with E-state index in [-0.39, 0.29) is 23.0 Å². The number of carbonyl (C=O) groups is 2. The van der Waals surface area contributed by atoms with Crippen molar-refractivity contribution >= 4 is 11.8 Å². The Morgan fingerprint density at radius 3 is 2.69 bits per heavy atom. The van der Waals surface area contributed by atoms with Crippen LogP contribution >= 0.6 is 0 Å². The normalized spacial score (nSPS) is 51.7. The van der Waals surface area contributed by atoms with Crippen LogP contribution in [-0.2, 0) is 9.59 Å². The third-order valence-electron chi connectivity index (χ3n) is 4.29. The quantitative estimate of drug-likeness (QED) is 0.656. The molecule has 2 bridgehead atoms. The van der Waals surface area contributed by atoms with Crippen molar-refractivity contribution in [2.24, 2.45) is 23.2 Å². The van der Waals surface area contributed by atoms with Crippen LogP contribution in [0.15, 0.2) is 0 Å². The number of carboxylic acid groups (broad SMARTS) is 1. The lowest BCUT2D eigenvalue weighted by Crippen LogP contribution is -2.27. The molecule has 0 amide bonds. The molecule has 1 N–H and O–H groups in total. The molecule has 3 nitrogen and oxygen atoms in total. The second-order valence-electron chi connectivity index (χ2n) is 4.71. The summed E-state index contributed by atoms with van der Waals surface area (Å²) < 4.78 is 0. The van der Waals surface area contributed by atoms with Crippen LogP contribution in [0.4, 0.5) is 0 Å². The third-order valence-corrected chi connectivity index (χ3v) is 4.29. The standard InChI is InChI=1S/C10H12O3/c11-8-5-1-2-6(3-5)10(8)4-7(10)9(12)13/h5-7H,1-4H2,(H,12,13). The molecule has 0 heterocycles. The summed E-state index contributed by atoms with van der Waals surface area (Å²) in [6.45, 7) is 0. The molecular formula is C10H12O3. The van der Waals surface area contributed by atoms with Gasteiger partial charge in [-0.2, -0.15) is 0 Å². The Morgan fingerprint density at radius 1 is 1.46 bits per heavy atom. The smallest absolute Gasteiger partial charge is 0.307 e. The van der Waals surface area contributed by atoms with Gasteiger partial charge in [-0.3, -0.25) is 9.59 Å². The molecule has 3 aliphatic carbocycles. The van der Waals surface area contributed by atoms with Gasteiger partial charge in [0.05, 0.1) is 5.92 Å². The summed E-state index contributed by atoms with van der Waals surface area (Å²) in [5, 5.41) is 8.87. The van der Waals surface area contributed by atoms with Crippen LogP contribution in [0.2, 0.25) is 0 Å². The summed E-state index contributed by atoms with van der Waals surface area (Å²) in [6.07, 6.45) is 3.70. The fourth-order valence-corrected chi connectivity index (χ4v) is 3.58. The molecule has 1 spiro atoms. The molecule has 3 fully saturated rings. The van der Waals surface area contributed by atoms with E-state index < -0.39 is 5.97 Å². The van der Waals surface area contributed by atoms with Crippen LogP contribution in [0.1, 0.15) is 25.7 Å². The molecular weight excluding hydrogens is 168 g/mol. The lowest BCUT2D eigenvalue weighted by atomic mass is 9.82. The zero-order valence-electron chi connectivity index (χ0n) is 7.32. The van der Waals surface area contributed by atoms with Gasteiger partial charge in [-0.1, -0.05) is 0 Å². The molecule has 0 radical (unpaired) electrons. The Balaban J connectivity index is 1.94. The molecule has 3 aliphatic rings. The van der Waals surface area contributed by atoms with E-state index >= 15 is 0 Å². The number of carbonyl (C=O) groups excluding carboxylic acids is 1. The first-order valence-corrected chi connectivity index (χ1v) is 4.93. The van der Waals surface area contributed by atoms with Crippen molar-refractivity contribution in [3.05, 3.63) is 0 Å². The highest BCUT2D eigenvalue weighted by atomic mass is 16.4. The van der Waals surface area contributed by atoms with Crippen LogP contribution in [0.3, 0.4) is 0 Å². The first-order valence-electron chi connectivity index (χ1n) is 4.93. The zero-order valence-corrected chi connectivity index (χ0v) is 7.32. The number of fused-ring (bicyclic) bond motifs is 3. The Bertz CT molecular complexity index is 309. The number of aliphatic carboxylic acids is 1. The van der Waals surface area contributed by atoms with Gasteiger partial charge in [-0.05, 0) is 31.6 Å². The lowest BCUT2D eigenvalue weighted by molar-refractivity contribution is -0.142. The maximum Gasteiger partial charge on any atom is 0.307 e. The number of hydrogen-bond acceptors (Lipinski definition) is 2. The van der Waals surface area contributed by atoms with E-state index in [1.165, 1.54) is 0 Å². The average molecular weight is 180 g/mol. The van der Waals surface area contributed by atoms with Gasteiger partial charge >= 0.3 is 5.97 Å². The number of carboxylic acids is 1. The van der Waals surface area contributed by atoms with E-state index in [9.17, 15) is 9.59 Å². The maximum absolute atomic E-state index is 11.8. The predicted octanol–water partition coefficient (Wildman–Crippen LogP) is 1.08. The van der Waals surface area contributed by atoms with Crippen molar-refractivity contribution in [2.75, 3.05) is 0 Å². The first-order chi connectivity index (χ1) is 6.16. The fraction of sp³-hybridized carbons (Fsp3) is 0.800. The molecule has 3 rings (SSSR count). The molecule has 4 unspecified atom stereocenters. The number of ketones is 1. The van der Waals surface area contributed by atoms with Gasteiger partial charge < -0.3 is 5.11 Å². The van der Waals surface area contributed by atoms with Crippen molar-refractivity contribution in [1.82, 2.24) is 0 Å². The van der Waals surface area contributed by atoms with E-state index in [4.69, 9.17) is 5.11 Å². The van der Waals surface area contributed by atoms with Gasteiger partial charge in [0, 0.05) is 11.3 Å². The van der Waals surface area contributed by atoms with Gasteiger partial charge in [-0.25, -0.2) is 0 Å². The van der Waals surface area contributed by atoms with Gasteiger partial charge in [-0.15, -0.1) is 0 Å². The number of rotatable bonds is 1. The van der Waals surface area contributed by atoms with Crippen molar-refractivity contribution < 1.29 is 14.7 Å². The van der Waals surface area contributed by atoms with Crippen molar-refractivity contribution in [3.8, 4) is 0 Å². The molecule has 0 saturated heterocycles. The molecule has 0 aromatic rings. The Labute approximate surface area is 76.1 Å². The van der Waals surface area contributed by atoms with E-state index in [2.05, 4.69) is 0 Å². The highest BCUT2D eigenvalue weighted by Crippen LogP contribution is 2.69. The van der Waals surface area contributed by atoms with Gasteiger partial charge in [0.25, 0.3) is 0 Å². The van der Waals surface area contributed by atoms with Crippen LogP contribution in [-0.4, -0.2) is 16.9 Å². The predicted molar refractivity (Wildman–Crippen MR) is 44.0 cm³/mol. The van der Waals surface area contributed by atoms with E-state index in [1.54, 1.807) is 0 Å². The average Bonchev–Trinajstić information content (AvgIpc) is 2.55. The number of Topliss-reactive ketones (excluding diaryl/α,β-unsaturated/α-hetero) is 1. The topological polar surface area (TPSA) is 54.4 Å². The SMILES string of the molecule is O=C(O)C1CC12C(=O)C1CCC2C1. The Morgan fingerprint density at radius 2 is 2.23 bits per heavy atom. The van der Waals surface area contributed by atoms with E-state index in [0.717, 1.165) is 19.3 Å². The van der Waals surface area contributed by atoms with Crippen molar-refractivity contribution in [2.45, 2.75) is 25.7 Å². The number of hydrogen-bond donors (Lipinski definition) is 1. The van der Waals surface area contributed by atoms with Crippen LogP contribution in [0, 0.1) is 23.2 Å². The van der Waals surface area contributed by atoms with Crippen molar-refractivity contribution in [1.29, 1.82) is 0 Å². The monoisotopic (exact) mass is 180 g/mol. The summed E-state index contributed by atoms with van der Waals surface area (Å²) >= 11 is 0. The van der Waals surface area contributed by atoms with Crippen LogP contribution in [0.5, 0.6) is 0 Å². The summed E-state index contributed by atoms with van der Waals surface area (Å²) in [5.41, 5.74) is -0.380. The van der Waals surface area contributed by atoms with Gasteiger partial charge in [0.2, 0.25) is 0 Å². The van der Waals surface area contributed by atoms with Gasteiger partial charge in [0.15, 0.2) is 0 Å². The fourth-order valence-electron chi connectivity index (χ4n) is 3.58. The van der Waals surface area contributed by atoms with Crippen LogP contribution < -0.4 is 0 Å². The maximum atomic E-state index is 11.8. The van der Waals surface area contributed by atoms with E-state index in [0.29, 0.717) is 12.3 Å². The first kappa shape index (κ1) is 7.54. The highest BCUT2D eigenvalue weighted by Gasteiger charge is 2.73. The second-order valence-corrected chi connectivity index (χ2v) is 4.71. The highest BCUT2D eigenvalue weighted by molar-refractivity contribution is 5.98. The minimum Gasteiger partial charge on any atom is -0.481 e. The summed E-state index contributed by atoms with van der Waals surface area (Å²) in [4.78, 5) is 22.6. The molecule has 0 aromatic heterocycles. The Hall–Kier alpha value is -0.860. The lowest BCUT2D eigenvalue weighted by Gasteiger charge is -2.19. The summed E-state index contributed by atoms with van der Waals surface area (Å²) in [5.74, 6) is -0.201. The molecule has 13 heavy (non-hydrogen) atoms. The minimum absolute atomic E-state index is 0.217. The zero-order chi connectivity index (χ0) is 9.22. The molecule has 3 heteroatoms. The molecule has 0 aliphatic heterocycles. The third kappa shape index (κ3) is 0.675. The second kappa shape index (κ2) is 1.97. The Kier molecular flexibility index (Phi) is 1.14. The van der Waals surface area contributed by atoms with E-state index in [1.807, 2.05) is 0 Å². The molecule has 0 aromatic carbocycles. The van der Waals surface area contributed by atoms with Crippen LogP contribution in [0.25, 0.3) is 0 Å². The summed E-state index contributed by atoms with van der Waals surface area (Å²) in [7, 11) is 0.